The number of hydrogen-bond donors (Lipinski definition) is 1. The van der Waals surface area contributed by atoms with Crippen molar-refractivity contribution in [3.63, 3.8) is 0 Å². The van der Waals surface area contributed by atoms with Gasteiger partial charge in [-0.1, -0.05) is 23.8 Å². The SMILES string of the molecule is Cc1cc(C)c2c(c1)c(C)cc(=O)n2CCC(=O)Nc1cccc(C)c1C. The molecule has 0 fully saturated rings. The van der Waals surface area contributed by atoms with E-state index in [-0.39, 0.29) is 17.9 Å². The molecule has 0 saturated carbocycles. The Bertz CT molecular complexity index is 1090. The fourth-order valence-corrected chi connectivity index (χ4v) is 3.60. The molecule has 1 amide bonds. The summed E-state index contributed by atoms with van der Waals surface area (Å²) < 4.78 is 1.72. The number of fused-ring (bicyclic) bond motifs is 1. The third-order valence-electron chi connectivity index (χ3n) is 5.19. The van der Waals surface area contributed by atoms with Gasteiger partial charge in [0.05, 0.1) is 5.52 Å². The first kappa shape index (κ1) is 18.9. The molecule has 2 aromatic carbocycles. The minimum Gasteiger partial charge on any atom is -0.326 e. The molecular weight excluding hydrogens is 336 g/mol. The van der Waals surface area contributed by atoms with Gasteiger partial charge in [-0.2, -0.15) is 0 Å². The quantitative estimate of drug-likeness (QED) is 0.739. The summed E-state index contributed by atoms with van der Waals surface area (Å²) in [6.45, 7) is 10.4. The molecule has 1 heterocycles. The van der Waals surface area contributed by atoms with Crippen LogP contribution in [0.4, 0.5) is 5.69 Å². The maximum Gasteiger partial charge on any atom is 0.251 e. The van der Waals surface area contributed by atoms with Gasteiger partial charge in [0, 0.05) is 30.1 Å². The van der Waals surface area contributed by atoms with Gasteiger partial charge >= 0.3 is 0 Å². The van der Waals surface area contributed by atoms with E-state index in [1.54, 1.807) is 10.6 Å². The smallest absolute Gasteiger partial charge is 0.251 e. The molecule has 3 rings (SSSR count). The molecule has 140 valence electrons. The standard InChI is InChI=1S/C23H26N2O2/c1-14-11-17(4)23-19(12-14)16(3)13-22(27)25(23)10-9-21(26)24-20-8-6-7-15(2)18(20)5/h6-8,11-13H,9-10H2,1-5H3,(H,24,26). The summed E-state index contributed by atoms with van der Waals surface area (Å²) in [7, 11) is 0. The zero-order valence-corrected chi connectivity index (χ0v) is 16.6. The highest BCUT2D eigenvalue weighted by Crippen LogP contribution is 2.23. The van der Waals surface area contributed by atoms with E-state index in [4.69, 9.17) is 0 Å². The molecule has 1 N–H and O–H groups in total. The lowest BCUT2D eigenvalue weighted by molar-refractivity contribution is -0.116. The molecule has 0 unspecified atom stereocenters. The molecule has 0 aliphatic heterocycles. The van der Waals surface area contributed by atoms with E-state index in [1.165, 1.54) is 5.56 Å². The van der Waals surface area contributed by atoms with Crippen LogP contribution in [0.25, 0.3) is 10.9 Å². The van der Waals surface area contributed by atoms with E-state index in [9.17, 15) is 9.59 Å². The predicted molar refractivity (Wildman–Crippen MR) is 112 cm³/mol. The van der Waals surface area contributed by atoms with Gasteiger partial charge in [-0.05, 0) is 69.0 Å². The van der Waals surface area contributed by atoms with E-state index in [0.29, 0.717) is 6.54 Å². The number of aryl methyl sites for hydroxylation is 5. The highest BCUT2D eigenvalue weighted by Gasteiger charge is 2.12. The van der Waals surface area contributed by atoms with Crippen LogP contribution in [0.5, 0.6) is 0 Å². The van der Waals surface area contributed by atoms with Crippen LogP contribution in [0.1, 0.15) is 34.2 Å². The Kier molecular flexibility index (Phi) is 5.17. The number of hydrogen-bond acceptors (Lipinski definition) is 2. The molecule has 27 heavy (non-hydrogen) atoms. The lowest BCUT2D eigenvalue weighted by Gasteiger charge is -2.15. The van der Waals surface area contributed by atoms with E-state index in [2.05, 4.69) is 24.4 Å². The van der Waals surface area contributed by atoms with Crippen LogP contribution in [-0.4, -0.2) is 10.5 Å². The molecular formula is C23H26N2O2. The molecule has 0 radical (unpaired) electrons. The number of pyridine rings is 1. The van der Waals surface area contributed by atoms with Crippen LogP contribution in [0, 0.1) is 34.6 Å². The molecule has 0 saturated heterocycles. The summed E-state index contributed by atoms with van der Waals surface area (Å²) in [5, 5.41) is 4.04. The fraction of sp³-hybridized carbons (Fsp3) is 0.304. The third kappa shape index (κ3) is 3.80. The fourth-order valence-electron chi connectivity index (χ4n) is 3.60. The van der Waals surface area contributed by atoms with Crippen LogP contribution in [0.2, 0.25) is 0 Å². The Morgan fingerprint density at radius 3 is 2.44 bits per heavy atom. The number of aromatic nitrogens is 1. The van der Waals surface area contributed by atoms with Gasteiger partial charge in [-0.25, -0.2) is 0 Å². The Labute approximate surface area is 159 Å². The number of anilines is 1. The summed E-state index contributed by atoms with van der Waals surface area (Å²) in [5.41, 5.74) is 7.08. The number of carbonyl (C=O) groups excluding carboxylic acids is 1. The number of nitrogens with one attached hydrogen (secondary N) is 1. The van der Waals surface area contributed by atoms with Crippen LogP contribution in [-0.2, 0) is 11.3 Å². The normalized spacial score (nSPS) is 11.0. The van der Waals surface area contributed by atoms with Gasteiger partial charge in [0.15, 0.2) is 0 Å². The van der Waals surface area contributed by atoms with Crippen molar-refractivity contribution in [3.05, 3.63) is 74.6 Å². The first-order valence-corrected chi connectivity index (χ1v) is 9.25. The van der Waals surface area contributed by atoms with Gasteiger partial charge in [0.2, 0.25) is 5.91 Å². The summed E-state index contributed by atoms with van der Waals surface area (Å²) in [6, 6.07) is 11.7. The van der Waals surface area contributed by atoms with Gasteiger partial charge in [0.1, 0.15) is 0 Å². The molecule has 0 aliphatic rings. The van der Waals surface area contributed by atoms with Gasteiger partial charge < -0.3 is 9.88 Å². The first-order valence-electron chi connectivity index (χ1n) is 9.25. The Balaban J connectivity index is 1.88. The van der Waals surface area contributed by atoms with E-state index in [0.717, 1.165) is 38.8 Å². The van der Waals surface area contributed by atoms with Gasteiger partial charge in [-0.15, -0.1) is 0 Å². The summed E-state index contributed by atoms with van der Waals surface area (Å²) in [6.07, 6.45) is 0.249. The average Bonchev–Trinajstić information content (AvgIpc) is 2.59. The van der Waals surface area contributed by atoms with Crippen molar-refractivity contribution in [2.45, 2.75) is 47.6 Å². The topological polar surface area (TPSA) is 51.1 Å². The number of benzene rings is 2. The van der Waals surface area contributed by atoms with Crippen molar-refractivity contribution >= 4 is 22.5 Å². The van der Waals surface area contributed by atoms with Crippen LogP contribution in [0.15, 0.2) is 41.2 Å². The van der Waals surface area contributed by atoms with E-state index >= 15 is 0 Å². The zero-order valence-electron chi connectivity index (χ0n) is 16.6. The molecule has 0 spiro atoms. The van der Waals surface area contributed by atoms with E-state index < -0.39 is 0 Å². The summed E-state index contributed by atoms with van der Waals surface area (Å²) in [4.78, 5) is 25.1. The minimum absolute atomic E-state index is 0.0634. The number of amides is 1. The van der Waals surface area contributed by atoms with Crippen molar-refractivity contribution in [1.29, 1.82) is 0 Å². The zero-order chi connectivity index (χ0) is 19.7. The Hall–Kier alpha value is -2.88. The summed E-state index contributed by atoms with van der Waals surface area (Å²) >= 11 is 0. The van der Waals surface area contributed by atoms with Crippen molar-refractivity contribution in [2.24, 2.45) is 0 Å². The molecule has 0 bridgehead atoms. The van der Waals surface area contributed by atoms with Crippen LogP contribution < -0.4 is 10.9 Å². The minimum atomic E-state index is -0.0888. The molecule has 0 aliphatic carbocycles. The summed E-state index contributed by atoms with van der Waals surface area (Å²) in [5.74, 6) is -0.0888. The second kappa shape index (κ2) is 7.39. The van der Waals surface area contributed by atoms with Gasteiger partial charge in [0.25, 0.3) is 5.56 Å². The molecule has 4 heteroatoms. The highest BCUT2D eigenvalue weighted by atomic mass is 16.1. The Morgan fingerprint density at radius 1 is 0.963 bits per heavy atom. The average molecular weight is 362 g/mol. The van der Waals surface area contributed by atoms with E-state index in [1.807, 2.05) is 45.9 Å². The van der Waals surface area contributed by atoms with Gasteiger partial charge in [-0.3, -0.25) is 9.59 Å². The molecule has 0 atom stereocenters. The van der Waals surface area contributed by atoms with Crippen molar-refractivity contribution in [1.82, 2.24) is 4.57 Å². The Morgan fingerprint density at radius 2 is 1.70 bits per heavy atom. The highest BCUT2D eigenvalue weighted by molar-refractivity contribution is 5.92. The lowest BCUT2D eigenvalue weighted by atomic mass is 10.0. The molecule has 4 nitrogen and oxygen atoms in total. The maximum absolute atomic E-state index is 12.6. The lowest BCUT2D eigenvalue weighted by Crippen LogP contribution is -2.24. The van der Waals surface area contributed by atoms with Crippen LogP contribution >= 0.6 is 0 Å². The number of nitrogens with zero attached hydrogens (tertiary/aromatic N) is 1. The van der Waals surface area contributed by atoms with Crippen molar-refractivity contribution < 1.29 is 4.79 Å². The largest absolute Gasteiger partial charge is 0.326 e. The van der Waals surface area contributed by atoms with Crippen LogP contribution in [0.3, 0.4) is 0 Å². The predicted octanol–water partition coefficient (Wildman–Crippen LogP) is 4.57. The molecule has 1 aromatic heterocycles. The second-order valence-corrected chi connectivity index (χ2v) is 7.34. The second-order valence-electron chi connectivity index (χ2n) is 7.34. The third-order valence-corrected chi connectivity index (χ3v) is 5.19. The van der Waals surface area contributed by atoms with Crippen molar-refractivity contribution in [2.75, 3.05) is 5.32 Å². The first-order chi connectivity index (χ1) is 12.8. The number of carbonyl (C=O) groups is 1. The monoisotopic (exact) mass is 362 g/mol. The van der Waals surface area contributed by atoms with Crippen molar-refractivity contribution in [3.8, 4) is 0 Å². The number of rotatable bonds is 4. The molecule has 3 aromatic rings. The maximum atomic E-state index is 12.6.